The lowest BCUT2D eigenvalue weighted by Crippen LogP contribution is -2.15. The van der Waals surface area contributed by atoms with Gasteiger partial charge in [0, 0.05) is 5.38 Å². The zero-order valence-electron chi connectivity index (χ0n) is 14.1. The van der Waals surface area contributed by atoms with Gasteiger partial charge in [-0.05, 0) is 18.1 Å². The van der Waals surface area contributed by atoms with Crippen LogP contribution in [0.3, 0.4) is 0 Å². The van der Waals surface area contributed by atoms with E-state index in [1.165, 1.54) is 11.3 Å². The average Bonchev–Trinajstić information content (AvgIpc) is 3.05. The summed E-state index contributed by atoms with van der Waals surface area (Å²) in [5.41, 5.74) is 3.03. The molecule has 0 radical (unpaired) electrons. The number of nitrogens with one attached hydrogen (secondary N) is 1. The lowest BCUT2D eigenvalue weighted by atomic mass is 10.1. The molecular weight excluding hydrogens is 350 g/mol. The maximum absolute atomic E-state index is 12.0. The zero-order valence-corrected chi connectivity index (χ0v) is 14.9. The van der Waals surface area contributed by atoms with Crippen molar-refractivity contribution in [1.82, 2.24) is 0 Å². The molecule has 0 saturated heterocycles. The second-order valence-corrected chi connectivity index (χ2v) is 6.59. The molecule has 0 aliphatic carbocycles. The van der Waals surface area contributed by atoms with E-state index in [9.17, 15) is 14.7 Å². The number of thiophene rings is 1. The smallest absolute Gasteiger partial charge is 0.412 e. The number of anilines is 1. The third-order valence-electron chi connectivity index (χ3n) is 3.77. The summed E-state index contributed by atoms with van der Waals surface area (Å²) in [6, 6.07) is 16.8. The Morgan fingerprint density at radius 2 is 1.77 bits per heavy atom. The molecule has 0 bridgehead atoms. The van der Waals surface area contributed by atoms with Crippen LogP contribution in [-0.4, -0.2) is 17.2 Å². The number of carboxylic acids is 1. The van der Waals surface area contributed by atoms with Gasteiger partial charge in [-0.1, -0.05) is 60.2 Å². The first-order valence-electron chi connectivity index (χ1n) is 7.94. The maximum Gasteiger partial charge on any atom is 0.412 e. The number of ether oxygens (including phenoxy) is 1. The van der Waals surface area contributed by atoms with Crippen LogP contribution in [0.25, 0.3) is 10.4 Å². The largest absolute Gasteiger partial charge is 0.478 e. The summed E-state index contributed by atoms with van der Waals surface area (Å²) < 4.78 is 5.16. The van der Waals surface area contributed by atoms with Crippen LogP contribution in [0, 0.1) is 6.92 Å². The number of rotatable bonds is 5. The molecule has 2 aromatic carbocycles. The molecule has 1 amide bonds. The maximum atomic E-state index is 12.0. The summed E-state index contributed by atoms with van der Waals surface area (Å²) in [4.78, 5) is 24.3. The third kappa shape index (κ3) is 4.10. The lowest BCUT2D eigenvalue weighted by molar-refractivity contribution is 0.0699. The number of amides is 1. The molecule has 3 rings (SSSR count). The summed E-state index contributed by atoms with van der Waals surface area (Å²) in [6.45, 7) is 2.08. The Bertz CT molecular complexity index is 917. The van der Waals surface area contributed by atoms with Crippen molar-refractivity contribution in [2.24, 2.45) is 0 Å². The molecule has 1 heterocycles. The summed E-state index contributed by atoms with van der Waals surface area (Å²) in [6.07, 6.45) is -0.690. The second-order valence-electron chi connectivity index (χ2n) is 5.71. The SMILES string of the molecule is Cc1ccc(-c2scc(NC(=O)OCc3ccccc3)c2C(=O)O)cc1. The van der Waals surface area contributed by atoms with E-state index in [4.69, 9.17) is 4.74 Å². The van der Waals surface area contributed by atoms with Crippen molar-refractivity contribution in [2.45, 2.75) is 13.5 Å². The fourth-order valence-electron chi connectivity index (χ4n) is 2.45. The van der Waals surface area contributed by atoms with Gasteiger partial charge in [0.25, 0.3) is 0 Å². The molecule has 2 N–H and O–H groups in total. The van der Waals surface area contributed by atoms with Crippen molar-refractivity contribution < 1.29 is 19.4 Å². The molecule has 0 saturated carbocycles. The van der Waals surface area contributed by atoms with E-state index in [-0.39, 0.29) is 17.9 Å². The number of benzene rings is 2. The van der Waals surface area contributed by atoms with E-state index < -0.39 is 12.1 Å². The highest BCUT2D eigenvalue weighted by atomic mass is 32.1. The van der Waals surface area contributed by atoms with E-state index in [1.807, 2.05) is 61.5 Å². The Morgan fingerprint density at radius 3 is 2.42 bits per heavy atom. The van der Waals surface area contributed by atoms with Gasteiger partial charge in [-0.25, -0.2) is 9.59 Å². The molecule has 3 aromatic rings. The minimum Gasteiger partial charge on any atom is -0.478 e. The molecule has 0 aliphatic rings. The molecule has 6 heteroatoms. The number of aryl methyl sites for hydroxylation is 1. The molecule has 26 heavy (non-hydrogen) atoms. The van der Waals surface area contributed by atoms with Crippen LogP contribution < -0.4 is 5.32 Å². The van der Waals surface area contributed by atoms with E-state index in [0.29, 0.717) is 4.88 Å². The minimum atomic E-state index is -1.10. The van der Waals surface area contributed by atoms with Gasteiger partial charge in [0.1, 0.15) is 12.2 Å². The van der Waals surface area contributed by atoms with Crippen molar-refractivity contribution in [1.29, 1.82) is 0 Å². The molecule has 1 aromatic heterocycles. The van der Waals surface area contributed by atoms with Crippen LogP contribution >= 0.6 is 11.3 Å². The Hall–Kier alpha value is -3.12. The van der Waals surface area contributed by atoms with Gasteiger partial charge in [-0.15, -0.1) is 11.3 Å². The highest BCUT2D eigenvalue weighted by Crippen LogP contribution is 2.36. The van der Waals surface area contributed by atoms with Crippen molar-refractivity contribution in [3.05, 3.63) is 76.7 Å². The van der Waals surface area contributed by atoms with Crippen molar-refractivity contribution >= 4 is 29.1 Å². The topological polar surface area (TPSA) is 75.6 Å². The Morgan fingerprint density at radius 1 is 1.08 bits per heavy atom. The normalized spacial score (nSPS) is 10.3. The second kappa shape index (κ2) is 7.84. The Labute approximate surface area is 154 Å². The van der Waals surface area contributed by atoms with Gasteiger partial charge in [0.2, 0.25) is 0 Å². The lowest BCUT2D eigenvalue weighted by Gasteiger charge is -2.08. The Balaban J connectivity index is 1.76. The molecule has 0 fully saturated rings. The van der Waals surface area contributed by atoms with E-state index >= 15 is 0 Å². The highest BCUT2D eigenvalue weighted by molar-refractivity contribution is 7.14. The number of carboxylic acid groups (broad SMARTS) is 1. The molecule has 0 spiro atoms. The van der Waals surface area contributed by atoms with E-state index in [0.717, 1.165) is 16.7 Å². The predicted octanol–water partition coefficient (Wildman–Crippen LogP) is 5.17. The first-order chi connectivity index (χ1) is 12.5. The van der Waals surface area contributed by atoms with Gasteiger partial charge in [0.05, 0.1) is 10.6 Å². The van der Waals surface area contributed by atoms with Crippen LogP contribution in [0.15, 0.2) is 60.0 Å². The summed E-state index contributed by atoms with van der Waals surface area (Å²) in [7, 11) is 0. The predicted molar refractivity (Wildman–Crippen MR) is 102 cm³/mol. The van der Waals surface area contributed by atoms with Crippen molar-refractivity contribution in [3.8, 4) is 10.4 Å². The van der Waals surface area contributed by atoms with E-state index in [1.54, 1.807) is 5.38 Å². The third-order valence-corrected chi connectivity index (χ3v) is 4.80. The fourth-order valence-corrected chi connectivity index (χ4v) is 3.45. The number of aromatic carboxylic acids is 1. The van der Waals surface area contributed by atoms with E-state index in [2.05, 4.69) is 5.32 Å². The van der Waals surface area contributed by atoms with Gasteiger partial charge >= 0.3 is 12.1 Å². The van der Waals surface area contributed by atoms with Gasteiger partial charge in [0.15, 0.2) is 0 Å². The number of hydrogen-bond donors (Lipinski definition) is 2. The average molecular weight is 367 g/mol. The van der Waals surface area contributed by atoms with Crippen molar-refractivity contribution in [2.75, 3.05) is 5.32 Å². The molecule has 0 atom stereocenters. The first-order valence-corrected chi connectivity index (χ1v) is 8.82. The molecule has 0 aliphatic heterocycles. The number of carbonyl (C=O) groups is 2. The number of hydrogen-bond acceptors (Lipinski definition) is 4. The van der Waals surface area contributed by atoms with Gasteiger partial charge in [-0.2, -0.15) is 0 Å². The minimum absolute atomic E-state index is 0.0653. The molecule has 132 valence electrons. The molecule has 5 nitrogen and oxygen atoms in total. The quantitative estimate of drug-likeness (QED) is 0.652. The van der Waals surface area contributed by atoms with Crippen LogP contribution in [-0.2, 0) is 11.3 Å². The highest BCUT2D eigenvalue weighted by Gasteiger charge is 2.21. The fraction of sp³-hybridized carbons (Fsp3) is 0.100. The van der Waals surface area contributed by atoms with Crippen molar-refractivity contribution in [3.63, 3.8) is 0 Å². The zero-order chi connectivity index (χ0) is 18.5. The first kappa shape index (κ1) is 17.7. The standard InChI is InChI=1S/C20H17NO4S/c1-13-7-9-15(10-8-13)18-17(19(22)23)16(12-26-18)21-20(24)25-11-14-5-3-2-4-6-14/h2-10,12H,11H2,1H3,(H,21,24)(H,22,23). The van der Waals surface area contributed by atoms with Crippen LogP contribution in [0.2, 0.25) is 0 Å². The van der Waals surface area contributed by atoms with Gasteiger partial charge in [-0.3, -0.25) is 5.32 Å². The number of carbonyl (C=O) groups excluding carboxylic acids is 1. The summed E-state index contributed by atoms with van der Waals surface area (Å²) >= 11 is 1.27. The summed E-state index contributed by atoms with van der Waals surface area (Å²) in [5.74, 6) is -1.10. The van der Waals surface area contributed by atoms with Crippen LogP contribution in [0.1, 0.15) is 21.5 Å². The Kier molecular flexibility index (Phi) is 5.34. The van der Waals surface area contributed by atoms with Gasteiger partial charge < -0.3 is 9.84 Å². The summed E-state index contributed by atoms with van der Waals surface area (Å²) in [5, 5.41) is 13.7. The monoisotopic (exact) mass is 367 g/mol. The van der Waals surface area contributed by atoms with Crippen LogP contribution in [0.4, 0.5) is 10.5 Å². The molecule has 0 unspecified atom stereocenters. The molecular formula is C20H17NO4S. The van der Waals surface area contributed by atoms with Crippen LogP contribution in [0.5, 0.6) is 0 Å².